The lowest BCUT2D eigenvalue weighted by Crippen LogP contribution is -2.61. The molecule has 6 saturated heterocycles. The first-order valence-corrected chi connectivity index (χ1v) is 13.8. The van der Waals surface area contributed by atoms with Gasteiger partial charge in [-0.05, 0) is 47.6 Å². The van der Waals surface area contributed by atoms with Crippen LogP contribution in [0, 0.1) is 23.7 Å². The average Bonchev–Trinajstić information content (AvgIpc) is 2.84. The van der Waals surface area contributed by atoms with Crippen molar-refractivity contribution < 1.29 is 8.97 Å². The van der Waals surface area contributed by atoms with Crippen LogP contribution in [0.1, 0.15) is 63.5 Å². The zero-order valence-electron chi connectivity index (χ0n) is 20.6. The molecule has 0 aromatic heterocycles. The Morgan fingerprint density at radius 1 is 0.625 bits per heavy atom. The molecular formula is C30H44N2+2. The maximum atomic E-state index is 2.55. The zero-order valence-corrected chi connectivity index (χ0v) is 20.6. The molecule has 2 nitrogen and oxygen atoms in total. The summed E-state index contributed by atoms with van der Waals surface area (Å²) in [4.78, 5) is 0. The average molecular weight is 433 g/mol. The molecule has 6 aliphatic rings. The number of benzene rings is 2. The van der Waals surface area contributed by atoms with Crippen molar-refractivity contribution in [2.24, 2.45) is 23.7 Å². The van der Waals surface area contributed by atoms with Crippen molar-refractivity contribution in [1.29, 1.82) is 0 Å². The van der Waals surface area contributed by atoms with Gasteiger partial charge in [0.1, 0.15) is 13.1 Å². The molecule has 2 aromatic rings. The number of piperidine rings is 6. The number of hydrogen-bond acceptors (Lipinski definition) is 0. The number of nitrogens with zero attached hydrogens (tertiary/aromatic N) is 2. The summed E-state index contributed by atoms with van der Waals surface area (Å²) in [6.45, 7) is 15.9. The first kappa shape index (κ1) is 21.2. The van der Waals surface area contributed by atoms with Gasteiger partial charge in [-0.2, -0.15) is 0 Å². The Bertz CT molecular complexity index is 887. The Hall–Kier alpha value is -1.38. The molecule has 6 fully saturated rings. The zero-order chi connectivity index (χ0) is 21.8. The number of quaternary nitrogens is 2. The predicted molar refractivity (Wildman–Crippen MR) is 134 cm³/mol. The summed E-state index contributed by atoms with van der Waals surface area (Å²) in [5.41, 5.74) is 3.14. The van der Waals surface area contributed by atoms with Crippen LogP contribution in [0.5, 0.6) is 0 Å². The van der Waals surface area contributed by atoms with Gasteiger partial charge >= 0.3 is 0 Å². The van der Waals surface area contributed by atoms with E-state index in [2.05, 4.69) is 50.2 Å². The quantitative estimate of drug-likeness (QED) is 0.465. The van der Waals surface area contributed by atoms with Crippen LogP contribution in [-0.2, 0) is 13.1 Å². The minimum absolute atomic E-state index is 0.971. The van der Waals surface area contributed by atoms with E-state index in [1.807, 2.05) is 0 Å². The number of rotatable bonds is 6. The molecule has 0 radical (unpaired) electrons. The van der Waals surface area contributed by atoms with Gasteiger partial charge in [0.25, 0.3) is 0 Å². The molecule has 0 saturated carbocycles. The lowest BCUT2D eigenvalue weighted by atomic mass is 9.75. The van der Waals surface area contributed by atoms with E-state index in [-0.39, 0.29) is 0 Å². The summed E-state index contributed by atoms with van der Waals surface area (Å²) in [5.74, 6) is 4.00. The number of hydrogen-bond donors (Lipinski definition) is 0. The highest BCUT2D eigenvalue weighted by Gasteiger charge is 2.46. The van der Waals surface area contributed by atoms with E-state index in [1.54, 1.807) is 11.1 Å². The van der Waals surface area contributed by atoms with Crippen molar-refractivity contribution in [3.63, 3.8) is 0 Å². The first-order valence-electron chi connectivity index (χ1n) is 13.8. The molecule has 0 amide bonds. The fourth-order valence-electron chi connectivity index (χ4n) is 8.56. The van der Waals surface area contributed by atoms with Gasteiger partial charge in [0, 0.05) is 48.6 Å². The molecule has 0 spiro atoms. The Kier molecular flexibility index (Phi) is 5.38. The molecule has 8 rings (SSSR count). The summed E-state index contributed by atoms with van der Waals surface area (Å²) < 4.78 is 2.72. The van der Waals surface area contributed by atoms with Crippen LogP contribution >= 0.6 is 0 Å². The largest absolute Gasteiger partial charge is 0.320 e. The molecule has 2 unspecified atom stereocenters. The fraction of sp³-hybridized carbons (Fsp3) is 0.667. The SMILES string of the molecule is CCC1C[N+]2(Cc3ccc4ccc(C[N+]56CCC(CC5)C(CC)C6)cc4c3)CCC1CC2. The van der Waals surface area contributed by atoms with E-state index in [0.717, 1.165) is 23.7 Å². The molecular weight excluding hydrogens is 388 g/mol. The minimum Gasteiger partial charge on any atom is -0.320 e. The topological polar surface area (TPSA) is 0 Å². The van der Waals surface area contributed by atoms with Crippen LogP contribution in [-0.4, -0.2) is 48.2 Å². The van der Waals surface area contributed by atoms with Gasteiger partial charge < -0.3 is 8.97 Å². The van der Waals surface area contributed by atoms with E-state index in [1.165, 1.54) is 111 Å². The third kappa shape index (κ3) is 3.72. The molecule has 6 heterocycles. The minimum atomic E-state index is 0.971. The molecule has 0 N–H and O–H groups in total. The van der Waals surface area contributed by atoms with Gasteiger partial charge in [-0.15, -0.1) is 0 Å². The van der Waals surface area contributed by atoms with Gasteiger partial charge in [-0.25, -0.2) is 0 Å². The fourth-order valence-corrected chi connectivity index (χ4v) is 8.56. The van der Waals surface area contributed by atoms with Gasteiger partial charge in [-0.3, -0.25) is 0 Å². The highest BCUT2D eigenvalue weighted by Crippen LogP contribution is 2.42. The van der Waals surface area contributed by atoms with Crippen LogP contribution in [0.15, 0.2) is 36.4 Å². The van der Waals surface area contributed by atoms with Crippen molar-refractivity contribution in [3.8, 4) is 0 Å². The Balaban J connectivity index is 1.23. The number of fused-ring (bicyclic) bond motifs is 7. The van der Waals surface area contributed by atoms with Gasteiger partial charge in [0.2, 0.25) is 0 Å². The summed E-state index contributed by atoms with van der Waals surface area (Å²) in [5, 5.41) is 2.90. The van der Waals surface area contributed by atoms with Gasteiger partial charge in [0.15, 0.2) is 0 Å². The van der Waals surface area contributed by atoms with Crippen LogP contribution in [0.4, 0.5) is 0 Å². The third-order valence-corrected chi connectivity index (χ3v) is 10.5. The van der Waals surface area contributed by atoms with E-state index >= 15 is 0 Å². The van der Waals surface area contributed by atoms with Gasteiger partial charge in [0.05, 0.1) is 39.3 Å². The molecule has 32 heavy (non-hydrogen) atoms. The van der Waals surface area contributed by atoms with E-state index in [4.69, 9.17) is 0 Å². The Morgan fingerprint density at radius 3 is 1.47 bits per heavy atom. The highest BCUT2D eigenvalue weighted by atomic mass is 15.4. The van der Waals surface area contributed by atoms with Crippen molar-refractivity contribution in [2.45, 2.75) is 65.5 Å². The van der Waals surface area contributed by atoms with Crippen LogP contribution < -0.4 is 0 Å². The lowest BCUT2D eigenvalue weighted by molar-refractivity contribution is -0.959. The third-order valence-electron chi connectivity index (χ3n) is 10.5. The van der Waals surface area contributed by atoms with Crippen LogP contribution in [0.2, 0.25) is 0 Å². The smallest absolute Gasteiger partial charge is 0.104 e. The van der Waals surface area contributed by atoms with Crippen molar-refractivity contribution >= 4 is 10.8 Å². The molecule has 6 aliphatic heterocycles. The Morgan fingerprint density at radius 2 is 1.06 bits per heavy atom. The Labute approximate surface area is 195 Å². The second kappa shape index (κ2) is 8.13. The van der Waals surface area contributed by atoms with Crippen LogP contribution in [0.25, 0.3) is 10.8 Å². The van der Waals surface area contributed by atoms with Crippen molar-refractivity contribution in [1.82, 2.24) is 0 Å². The van der Waals surface area contributed by atoms with Gasteiger partial charge in [-0.1, -0.05) is 38.1 Å². The molecule has 2 atom stereocenters. The van der Waals surface area contributed by atoms with Crippen molar-refractivity contribution in [2.75, 3.05) is 39.3 Å². The molecule has 0 aliphatic carbocycles. The molecule has 2 aromatic carbocycles. The maximum absolute atomic E-state index is 2.55. The highest BCUT2D eigenvalue weighted by molar-refractivity contribution is 5.83. The summed E-state index contributed by atoms with van der Waals surface area (Å²) in [6, 6.07) is 14.7. The van der Waals surface area contributed by atoms with E-state index in [0.29, 0.717) is 0 Å². The summed E-state index contributed by atoms with van der Waals surface area (Å²) >= 11 is 0. The molecule has 4 bridgehead atoms. The summed E-state index contributed by atoms with van der Waals surface area (Å²) in [6.07, 6.45) is 8.63. The standard InChI is InChI=1S/C30H44N2/c1-3-25-21-31(13-9-28(25)10-14-31)19-23-5-7-27-8-6-24(18-30(27)17-23)20-32-15-11-29(12-16-32)26(4-2)22-32/h5-8,17-18,25-26,28-29H,3-4,9-16,19-22H2,1-2H3/q+2. The van der Waals surface area contributed by atoms with E-state index < -0.39 is 0 Å². The second-order valence-electron chi connectivity index (χ2n) is 12.3. The lowest BCUT2D eigenvalue weighted by Gasteiger charge is -2.53. The molecule has 2 heteroatoms. The normalized spacial score (nSPS) is 38.4. The van der Waals surface area contributed by atoms with E-state index in [9.17, 15) is 0 Å². The summed E-state index contributed by atoms with van der Waals surface area (Å²) in [7, 11) is 0. The van der Waals surface area contributed by atoms with Crippen molar-refractivity contribution in [3.05, 3.63) is 47.5 Å². The monoisotopic (exact) mass is 432 g/mol. The second-order valence-corrected chi connectivity index (χ2v) is 12.3. The predicted octanol–water partition coefficient (Wildman–Crippen LogP) is 6.37. The van der Waals surface area contributed by atoms with Crippen LogP contribution in [0.3, 0.4) is 0 Å². The molecule has 172 valence electrons. The maximum Gasteiger partial charge on any atom is 0.104 e. The first-order chi connectivity index (χ1) is 15.6.